The molecule has 270 valence electrons. The standard InChI is InChI=1S/C51H34BF2N3/c53-52(54)57-48(38-24-12-4-13-25-38)34-43(36-20-8-2-9-21-36)51(57)49(50-42(35-18-6-1-7-19-35)33-45(55-50)37-22-10-3-11-23-37)39-30-31-47-44(32-39)41-28-16-17-29-46(41)56(47)40-26-14-5-15-27-40/h1-34H/p+1. The minimum absolute atomic E-state index is 0.430. The Kier molecular flexibility index (Phi) is 8.64. The van der Waals surface area contributed by atoms with Crippen LogP contribution in [0.25, 0.3) is 61.0 Å². The fourth-order valence-electron chi connectivity index (χ4n) is 8.31. The van der Waals surface area contributed by atoms with Crippen molar-refractivity contribution in [2.45, 2.75) is 0 Å². The Labute approximate surface area is 330 Å². The Morgan fingerprint density at radius 2 is 1.05 bits per heavy atom. The number of nitrogens with zero attached hydrogens (tertiary/aromatic N) is 2. The van der Waals surface area contributed by atoms with Crippen LogP contribution in [0.3, 0.4) is 0 Å². The van der Waals surface area contributed by atoms with E-state index >= 15 is 8.63 Å². The quantitative estimate of drug-likeness (QED) is 0.150. The van der Waals surface area contributed by atoms with Gasteiger partial charge in [-0.15, -0.1) is 0 Å². The van der Waals surface area contributed by atoms with Gasteiger partial charge >= 0.3 is 7.40 Å². The predicted molar refractivity (Wildman–Crippen MR) is 232 cm³/mol. The van der Waals surface area contributed by atoms with Gasteiger partial charge in [0.25, 0.3) is 0 Å². The smallest absolute Gasteiger partial charge is 0.354 e. The first kappa shape index (κ1) is 34.2. The summed E-state index contributed by atoms with van der Waals surface area (Å²) < 4.78 is 35.9. The highest BCUT2D eigenvalue weighted by Crippen LogP contribution is 2.45. The Bertz CT molecular complexity index is 3000. The molecule has 0 saturated carbocycles. The molecule has 1 aliphatic rings. The summed E-state index contributed by atoms with van der Waals surface area (Å²) in [7, 11) is -2.85. The number of nitrogens with one attached hydrogen (secondary N) is 1. The van der Waals surface area contributed by atoms with Crippen LogP contribution in [0.5, 0.6) is 0 Å². The second-order valence-corrected chi connectivity index (χ2v) is 14.2. The average molecular weight is 739 g/mol. The fourth-order valence-corrected chi connectivity index (χ4v) is 8.31. The SMILES string of the molecule is FB(F)[N+]1=C(c2ccccc2)C=C(c2ccccc2)/C1=C(\c1ccc2c(c1)c1ccccc1n2-c1ccccc1)c1[nH]c(-c2ccccc2)cc1-c1ccccc1. The molecule has 2 aromatic heterocycles. The van der Waals surface area contributed by atoms with E-state index in [1.807, 2.05) is 121 Å². The summed E-state index contributed by atoms with van der Waals surface area (Å²) in [6, 6.07) is 67.0. The van der Waals surface area contributed by atoms with Crippen molar-refractivity contribution in [2.24, 2.45) is 0 Å². The first-order valence-corrected chi connectivity index (χ1v) is 19.1. The summed E-state index contributed by atoms with van der Waals surface area (Å²) in [5.74, 6) is 0. The zero-order valence-corrected chi connectivity index (χ0v) is 30.9. The average Bonchev–Trinajstić information content (AvgIpc) is 3.99. The molecule has 1 aliphatic heterocycles. The van der Waals surface area contributed by atoms with Gasteiger partial charge in [-0.3, -0.25) is 0 Å². The number of fused-ring (bicyclic) bond motifs is 3. The number of halogens is 2. The molecule has 9 aromatic rings. The van der Waals surface area contributed by atoms with Crippen LogP contribution >= 0.6 is 0 Å². The van der Waals surface area contributed by atoms with Gasteiger partial charge in [-0.05, 0) is 70.8 Å². The van der Waals surface area contributed by atoms with E-state index in [1.54, 1.807) is 0 Å². The Morgan fingerprint density at radius 1 is 0.509 bits per heavy atom. The number of rotatable bonds is 8. The van der Waals surface area contributed by atoms with E-state index in [0.29, 0.717) is 28.1 Å². The molecule has 3 heterocycles. The molecule has 0 spiro atoms. The summed E-state index contributed by atoms with van der Waals surface area (Å²) in [5, 5.41) is 2.11. The molecule has 0 radical (unpaired) electrons. The molecule has 0 amide bonds. The number of para-hydroxylation sites is 2. The van der Waals surface area contributed by atoms with Gasteiger partial charge in [-0.2, -0.15) is 0 Å². The third-order valence-corrected chi connectivity index (χ3v) is 10.8. The lowest BCUT2D eigenvalue weighted by Crippen LogP contribution is -2.27. The minimum Gasteiger partial charge on any atom is -0.354 e. The second kappa shape index (κ2) is 14.4. The largest absolute Gasteiger partial charge is 0.935 e. The van der Waals surface area contributed by atoms with Gasteiger partial charge < -0.3 is 9.55 Å². The van der Waals surface area contributed by atoms with Gasteiger partial charge in [0.1, 0.15) is 0 Å². The first-order chi connectivity index (χ1) is 28.1. The van der Waals surface area contributed by atoms with E-state index in [1.165, 1.54) is 4.49 Å². The number of benzene rings is 7. The zero-order valence-electron chi connectivity index (χ0n) is 30.9. The maximum atomic E-state index is 16.2. The van der Waals surface area contributed by atoms with Crippen LogP contribution in [0.2, 0.25) is 0 Å². The Balaban J connectivity index is 1.36. The molecule has 3 nitrogen and oxygen atoms in total. The molecule has 1 N–H and O–H groups in total. The van der Waals surface area contributed by atoms with Gasteiger partial charge in [0.05, 0.1) is 27.9 Å². The summed E-state index contributed by atoms with van der Waals surface area (Å²) in [6.07, 6.45) is 1.93. The Morgan fingerprint density at radius 3 is 1.70 bits per heavy atom. The topological polar surface area (TPSA) is 23.7 Å². The van der Waals surface area contributed by atoms with Crippen molar-refractivity contribution in [3.63, 3.8) is 0 Å². The highest BCUT2D eigenvalue weighted by Gasteiger charge is 2.48. The second-order valence-electron chi connectivity index (χ2n) is 14.2. The lowest BCUT2D eigenvalue weighted by atomic mass is 9.89. The van der Waals surface area contributed by atoms with E-state index < -0.39 is 7.40 Å². The summed E-state index contributed by atoms with van der Waals surface area (Å²) in [6.45, 7) is 0. The number of hydrogen-bond acceptors (Lipinski definition) is 0. The molecule has 6 heteroatoms. The zero-order chi connectivity index (χ0) is 38.3. The molecule has 10 rings (SSSR count). The Hall–Kier alpha value is -7.31. The van der Waals surface area contributed by atoms with Crippen molar-refractivity contribution >= 4 is 46.1 Å². The maximum Gasteiger partial charge on any atom is 0.935 e. The third kappa shape index (κ3) is 6.03. The van der Waals surface area contributed by atoms with E-state index in [2.05, 4.69) is 94.5 Å². The van der Waals surface area contributed by atoms with Crippen LogP contribution in [-0.2, 0) is 0 Å². The molecule has 0 bridgehead atoms. The molecule has 0 atom stereocenters. The van der Waals surface area contributed by atoms with E-state index in [4.69, 9.17) is 0 Å². The number of H-pyrrole nitrogens is 1. The summed E-state index contributed by atoms with van der Waals surface area (Å²) in [5.41, 5.74) is 12.3. The number of hydrogen-bond donors (Lipinski definition) is 1. The van der Waals surface area contributed by atoms with Gasteiger partial charge in [0.2, 0.25) is 5.70 Å². The first-order valence-electron chi connectivity index (χ1n) is 19.1. The molecule has 0 aliphatic carbocycles. The van der Waals surface area contributed by atoms with E-state index in [0.717, 1.165) is 66.7 Å². The molecular weight excluding hydrogens is 703 g/mol. The van der Waals surface area contributed by atoms with Crippen molar-refractivity contribution in [3.05, 3.63) is 234 Å². The molecule has 7 aromatic carbocycles. The van der Waals surface area contributed by atoms with Crippen molar-refractivity contribution in [1.82, 2.24) is 9.55 Å². The molecule has 0 fully saturated rings. The van der Waals surface area contributed by atoms with E-state index in [9.17, 15) is 0 Å². The third-order valence-electron chi connectivity index (χ3n) is 10.8. The highest BCUT2D eigenvalue weighted by molar-refractivity contribution is 6.37. The molecule has 0 saturated heterocycles. The van der Waals surface area contributed by atoms with Crippen LogP contribution in [0.4, 0.5) is 8.63 Å². The lowest BCUT2D eigenvalue weighted by molar-refractivity contribution is -0.338. The van der Waals surface area contributed by atoms with Gasteiger partial charge in [0.15, 0.2) is 5.71 Å². The number of aromatic nitrogens is 2. The van der Waals surface area contributed by atoms with Crippen molar-refractivity contribution in [3.8, 4) is 28.1 Å². The van der Waals surface area contributed by atoms with Crippen molar-refractivity contribution in [1.29, 1.82) is 0 Å². The predicted octanol–water partition coefficient (Wildman–Crippen LogP) is 12.7. The van der Waals surface area contributed by atoms with Gasteiger partial charge in [0, 0.05) is 39.4 Å². The van der Waals surface area contributed by atoms with Gasteiger partial charge in [-0.25, -0.2) is 13.1 Å². The van der Waals surface area contributed by atoms with Crippen molar-refractivity contribution < 1.29 is 13.1 Å². The molecule has 57 heavy (non-hydrogen) atoms. The van der Waals surface area contributed by atoms with Crippen molar-refractivity contribution in [2.75, 3.05) is 0 Å². The maximum absolute atomic E-state index is 16.2. The number of allylic oxidation sites excluding steroid dienone is 2. The highest BCUT2D eigenvalue weighted by atomic mass is 19.2. The van der Waals surface area contributed by atoms with Crippen LogP contribution in [0, 0.1) is 0 Å². The minimum atomic E-state index is -2.85. The lowest BCUT2D eigenvalue weighted by Gasteiger charge is -2.16. The molecule has 0 unspecified atom stereocenters. The van der Waals surface area contributed by atoms with Crippen LogP contribution in [0.15, 0.2) is 212 Å². The van der Waals surface area contributed by atoms with Gasteiger partial charge in [-0.1, -0.05) is 152 Å². The number of aromatic amines is 1. The fraction of sp³-hybridized carbons (Fsp3) is 0. The summed E-state index contributed by atoms with van der Waals surface area (Å²) in [4.78, 5) is 3.80. The van der Waals surface area contributed by atoms with Crippen LogP contribution in [0.1, 0.15) is 22.4 Å². The summed E-state index contributed by atoms with van der Waals surface area (Å²) >= 11 is 0. The van der Waals surface area contributed by atoms with Crippen LogP contribution in [-0.4, -0.2) is 27.2 Å². The monoisotopic (exact) mass is 738 g/mol. The normalized spacial score (nSPS) is 13.7. The van der Waals surface area contributed by atoms with Crippen LogP contribution < -0.4 is 0 Å². The molecular formula is C51H35BF2N3+. The van der Waals surface area contributed by atoms with E-state index in [-0.39, 0.29) is 0 Å².